The first kappa shape index (κ1) is 33.3. The van der Waals surface area contributed by atoms with Crippen LogP contribution < -0.4 is 0 Å². The van der Waals surface area contributed by atoms with Gasteiger partial charge in [0, 0.05) is 5.39 Å². The van der Waals surface area contributed by atoms with Crippen molar-refractivity contribution >= 4 is 80.9 Å². The third kappa shape index (κ3) is 7.40. The van der Waals surface area contributed by atoms with E-state index in [0.29, 0.717) is 0 Å². The second kappa shape index (κ2) is 12.1. The average molecular weight is 701 g/mol. The van der Waals surface area contributed by atoms with Crippen molar-refractivity contribution in [2.24, 2.45) is 20.5 Å². The van der Waals surface area contributed by atoms with Gasteiger partial charge in [0.2, 0.25) is 0 Å². The Morgan fingerprint density at radius 1 is 0.689 bits per heavy atom. The maximum absolute atomic E-state index is 12.1. The molecule has 1 atom stereocenters. The number of carboxylic acids is 1. The monoisotopic (exact) mass is 700 g/mol. The second-order valence-electron chi connectivity index (χ2n) is 8.67. The lowest BCUT2D eigenvalue weighted by molar-refractivity contribution is 0.0697. The number of phenols is 1. The van der Waals surface area contributed by atoms with E-state index in [1.807, 2.05) is 0 Å². The summed E-state index contributed by atoms with van der Waals surface area (Å²) in [6.07, 6.45) is 0. The molecule has 4 aromatic rings. The van der Waals surface area contributed by atoms with Crippen LogP contribution in [0.15, 0.2) is 101 Å². The highest BCUT2D eigenvalue weighted by atomic mass is 32.2. The number of aromatic carboxylic acids is 1. The number of aromatic hydroxyl groups is 1. The number of hydrogen-bond donors (Lipinski definition) is 6. The highest BCUT2D eigenvalue weighted by Crippen LogP contribution is 2.42. The van der Waals surface area contributed by atoms with E-state index >= 15 is 0 Å². The number of benzene rings is 4. The highest BCUT2D eigenvalue weighted by Gasteiger charge is 2.24. The van der Waals surface area contributed by atoms with Crippen LogP contribution in [0.4, 0.5) is 22.7 Å². The normalized spacial score (nSPS) is 13.5. The smallest absolute Gasteiger partial charge is 0.338 e. The molecule has 0 saturated carbocycles. The van der Waals surface area contributed by atoms with Crippen LogP contribution in [-0.2, 0) is 41.4 Å². The fourth-order valence-electron chi connectivity index (χ4n) is 3.75. The summed E-state index contributed by atoms with van der Waals surface area (Å²) >= 11 is -2.56. The number of nitrogens with zero attached hydrogens (tertiary/aromatic N) is 4. The second-order valence-corrected chi connectivity index (χ2v) is 13.8. The van der Waals surface area contributed by atoms with Gasteiger partial charge in [0.15, 0.2) is 16.8 Å². The van der Waals surface area contributed by atoms with E-state index in [1.165, 1.54) is 0 Å². The number of hydrogen-bond acceptors (Lipinski definition) is 13. The van der Waals surface area contributed by atoms with Gasteiger partial charge < -0.3 is 14.8 Å². The number of carbonyl (C=O) groups is 1. The molecule has 0 amide bonds. The molecule has 0 aliphatic carbocycles. The van der Waals surface area contributed by atoms with Crippen molar-refractivity contribution in [1.29, 1.82) is 0 Å². The van der Waals surface area contributed by atoms with E-state index in [1.54, 1.807) is 0 Å². The van der Waals surface area contributed by atoms with Gasteiger partial charge in [-0.15, -0.1) is 15.3 Å². The standard InChI is InChI=1S/C23H16N4O14S4/c28-22-15-4-3-14(43(33,34)35)7-11(15)8-20(45(39,40)41)21(22)27-25-17-5-1-12(9-16(17)23(29)30)24-26-18-10-13(42(31)32)2-6-19(18)44(36,37)38/h1-10,28H,(H,29,30)(H,31,32)(H,33,34,35)(H,36,37,38)(H,39,40,41)/b26-24+,27-25+. The van der Waals surface area contributed by atoms with E-state index in [4.69, 9.17) is 0 Å². The van der Waals surface area contributed by atoms with E-state index < -0.39 is 90.5 Å². The Bertz CT molecular complexity index is 2320. The molecule has 18 nitrogen and oxygen atoms in total. The molecule has 0 aliphatic heterocycles. The Balaban J connectivity index is 1.81. The molecule has 0 aromatic heterocycles. The zero-order chi connectivity index (χ0) is 33.5. The summed E-state index contributed by atoms with van der Waals surface area (Å²) in [5, 5.41) is 34.6. The maximum atomic E-state index is 12.1. The van der Waals surface area contributed by atoms with Gasteiger partial charge in [0.25, 0.3) is 30.4 Å². The first-order valence-electron chi connectivity index (χ1n) is 11.5. The molecule has 4 rings (SSSR count). The zero-order valence-corrected chi connectivity index (χ0v) is 24.9. The van der Waals surface area contributed by atoms with Crippen LogP contribution in [0.1, 0.15) is 10.4 Å². The topological polar surface area (TPSA) is 307 Å². The molecule has 0 saturated heterocycles. The largest absolute Gasteiger partial charge is 0.505 e. The highest BCUT2D eigenvalue weighted by molar-refractivity contribution is 7.86. The Kier molecular flexibility index (Phi) is 8.96. The molecule has 0 bridgehead atoms. The van der Waals surface area contributed by atoms with Crippen LogP contribution in [0, 0.1) is 0 Å². The summed E-state index contributed by atoms with van der Waals surface area (Å²) in [5.74, 6) is -2.53. The van der Waals surface area contributed by atoms with Gasteiger partial charge in [0.05, 0.1) is 21.0 Å². The molecule has 45 heavy (non-hydrogen) atoms. The van der Waals surface area contributed by atoms with Crippen molar-refractivity contribution in [3.8, 4) is 5.75 Å². The fourth-order valence-corrected chi connectivity index (χ4v) is 5.92. The minimum atomic E-state index is -5.15. The predicted octanol–water partition coefficient (Wildman–Crippen LogP) is 4.40. The molecule has 4 aromatic carbocycles. The minimum Gasteiger partial charge on any atom is -0.505 e. The van der Waals surface area contributed by atoms with E-state index in [0.717, 1.165) is 60.7 Å². The molecule has 6 N–H and O–H groups in total. The van der Waals surface area contributed by atoms with Crippen molar-refractivity contribution in [3.05, 3.63) is 66.2 Å². The van der Waals surface area contributed by atoms with Gasteiger partial charge in [-0.05, 0) is 66.0 Å². The van der Waals surface area contributed by atoms with Gasteiger partial charge in [0.1, 0.15) is 26.9 Å². The Morgan fingerprint density at radius 2 is 1.33 bits per heavy atom. The summed E-state index contributed by atoms with van der Waals surface area (Å²) in [4.78, 5) is 9.17. The SMILES string of the molecule is O=C(O)c1cc(/N=N/c2cc(S(=O)O)ccc2S(=O)(=O)O)ccc1/N=N/c1c(S(=O)(=O)O)cc2cc(S(=O)(=O)O)ccc2c1O. The Labute approximate surface area is 254 Å². The molecule has 0 radical (unpaired) electrons. The molecule has 0 spiro atoms. The Morgan fingerprint density at radius 3 is 1.91 bits per heavy atom. The molecule has 0 heterocycles. The summed E-state index contributed by atoms with van der Waals surface area (Å²) in [6.45, 7) is 0. The fraction of sp³-hybridized carbons (Fsp3) is 0. The van der Waals surface area contributed by atoms with Crippen molar-refractivity contribution in [3.63, 3.8) is 0 Å². The van der Waals surface area contributed by atoms with E-state index in [2.05, 4.69) is 20.5 Å². The Hall–Kier alpha value is -4.55. The van der Waals surface area contributed by atoms with Crippen molar-refractivity contribution < 1.29 is 62.7 Å². The van der Waals surface area contributed by atoms with Crippen LogP contribution in [-0.4, -0.2) is 63.9 Å². The van der Waals surface area contributed by atoms with E-state index in [-0.39, 0.29) is 21.4 Å². The number of carboxylic acid groups (broad SMARTS) is 1. The summed E-state index contributed by atoms with van der Waals surface area (Å²) in [6, 6.07) is 9.02. The molecule has 22 heteroatoms. The van der Waals surface area contributed by atoms with Crippen LogP contribution in [0.3, 0.4) is 0 Å². The molecular formula is C23H16N4O14S4. The number of azo groups is 2. The molecule has 1 unspecified atom stereocenters. The molecular weight excluding hydrogens is 685 g/mol. The lowest BCUT2D eigenvalue weighted by Gasteiger charge is -2.10. The third-order valence-corrected chi connectivity index (χ3v) is 9.02. The van der Waals surface area contributed by atoms with Gasteiger partial charge in [-0.2, -0.15) is 30.4 Å². The van der Waals surface area contributed by atoms with Gasteiger partial charge >= 0.3 is 5.97 Å². The minimum absolute atomic E-state index is 0.184. The molecule has 236 valence electrons. The number of phenolic OH excluding ortho intramolecular Hbond substituents is 1. The maximum Gasteiger partial charge on any atom is 0.338 e. The summed E-state index contributed by atoms with van der Waals surface area (Å²) in [5.41, 5.74) is -2.72. The van der Waals surface area contributed by atoms with Gasteiger partial charge in [-0.1, -0.05) is 0 Å². The van der Waals surface area contributed by atoms with Crippen molar-refractivity contribution in [2.45, 2.75) is 19.6 Å². The first-order valence-corrected chi connectivity index (χ1v) is 16.9. The van der Waals surface area contributed by atoms with Crippen LogP contribution in [0.2, 0.25) is 0 Å². The molecule has 0 aliphatic rings. The van der Waals surface area contributed by atoms with Crippen molar-refractivity contribution in [1.82, 2.24) is 0 Å². The third-order valence-electron chi connectivity index (χ3n) is 5.75. The number of fused-ring (bicyclic) bond motifs is 1. The average Bonchev–Trinajstić information content (AvgIpc) is 2.93. The van der Waals surface area contributed by atoms with Gasteiger partial charge in [-0.25, -0.2) is 9.00 Å². The summed E-state index contributed by atoms with van der Waals surface area (Å²) < 4.78 is 119. The number of rotatable bonds is 9. The predicted molar refractivity (Wildman–Crippen MR) is 152 cm³/mol. The zero-order valence-electron chi connectivity index (χ0n) is 21.6. The lowest BCUT2D eigenvalue weighted by Crippen LogP contribution is -2.01. The lowest BCUT2D eigenvalue weighted by atomic mass is 10.1. The van der Waals surface area contributed by atoms with Gasteiger partial charge in [-0.3, -0.25) is 13.7 Å². The van der Waals surface area contributed by atoms with E-state index in [9.17, 15) is 62.7 Å². The quantitative estimate of drug-likeness (QED) is 0.0801. The summed E-state index contributed by atoms with van der Waals surface area (Å²) in [7, 11) is -14.7. The van der Waals surface area contributed by atoms with Crippen LogP contribution in [0.5, 0.6) is 5.75 Å². The van der Waals surface area contributed by atoms with Crippen LogP contribution in [0.25, 0.3) is 10.8 Å². The van der Waals surface area contributed by atoms with Crippen molar-refractivity contribution in [2.75, 3.05) is 0 Å². The van der Waals surface area contributed by atoms with Crippen LogP contribution >= 0.6 is 0 Å². The first-order chi connectivity index (χ1) is 20.8. The molecule has 0 fully saturated rings.